The molecule has 0 aliphatic heterocycles. The molecule has 1 N–H and O–H groups in total. The van der Waals surface area contributed by atoms with Gasteiger partial charge in [-0.2, -0.15) is 13.2 Å². The van der Waals surface area contributed by atoms with E-state index in [-0.39, 0.29) is 6.42 Å². The minimum absolute atomic E-state index is 0.0561. The highest BCUT2D eigenvalue weighted by atomic mass is 19.4. The standard InChI is InChI=1S/C14H20F3N/c1-3-11-18-13(2,14(15,16)17)10-9-12-7-5-4-6-8-12/h4-8,18H,3,9-11H2,1-2H3. The van der Waals surface area contributed by atoms with Gasteiger partial charge in [0.25, 0.3) is 0 Å². The van der Waals surface area contributed by atoms with Gasteiger partial charge in [-0.25, -0.2) is 0 Å². The van der Waals surface area contributed by atoms with Gasteiger partial charge in [0.1, 0.15) is 5.54 Å². The summed E-state index contributed by atoms with van der Waals surface area (Å²) >= 11 is 0. The van der Waals surface area contributed by atoms with Crippen molar-refractivity contribution in [1.82, 2.24) is 5.32 Å². The van der Waals surface area contributed by atoms with Crippen LogP contribution in [-0.2, 0) is 6.42 Å². The average Bonchev–Trinajstić information content (AvgIpc) is 2.34. The highest BCUT2D eigenvalue weighted by molar-refractivity contribution is 5.15. The van der Waals surface area contributed by atoms with Gasteiger partial charge in [-0.15, -0.1) is 0 Å². The lowest BCUT2D eigenvalue weighted by Gasteiger charge is -2.33. The summed E-state index contributed by atoms with van der Waals surface area (Å²) in [5.74, 6) is 0. The van der Waals surface area contributed by atoms with Crippen LogP contribution in [0.3, 0.4) is 0 Å². The molecule has 0 aliphatic carbocycles. The summed E-state index contributed by atoms with van der Waals surface area (Å²) in [6, 6.07) is 9.27. The van der Waals surface area contributed by atoms with Crippen molar-refractivity contribution < 1.29 is 13.2 Å². The van der Waals surface area contributed by atoms with E-state index in [0.717, 1.165) is 5.56 Å². The van der Waals surface area contributed by atoms with Gasteiger partial charge in [0.15, 0.2) is 0 Å². The van der Waals surface area contributed by atoms with Crippen LogP contribution in [0, 0.1) is 0 Å². The fourth-order valence-electron chi connectivity index (χ4n) is 1.77. The number of nitrogens with one attached hydrogen (secondary N) is 1. The summed E-state index contributed by atoms with van der Waals surface area (Å²) in [4.78, 5) is 0. The first kappa shape index (κ1) is 15.0. The Bertz CT molecular complexity index is 348. The Kier molecular flexibility index (Phi) is 5.20. The van der Waals surface area contributed by atoms with Gasteiger partial charge in [-0.05, 0) is 38.3 Å². The molecule has 0 aliphatic rings. The second-order valence-electron chi connectivity index (χ2n) is 4.74. The third-order valence-corrected chi connectivity index (χ3v) is 3.15. The van der Waals surface area contributed by atoms with Crippen molar-refractivity contribution in [3.8, 4) is 0 Å². The Morgan fingerprint density at radius 3 is 2.22 bits per heavy atom. The van der Waals surface area contributed by atoms with Crippen molar-refractivity contribution in [1.29, 1.82) is 0 Å². The molecule has 102 valence electrons. The monoisotopic (exact) mass is 259 g/mol. The predicted molar refractivity (Wildman–Crippen MR) is 67.5 cm³/mol. The molecule has 0 saturated heterocycles. The fraction of sp³-hybridized carbons (Fsp3) is 0.571. The lowest BCUT2D eigenvalue weighted by molar-refractivity contribution is -0.193. The number of halogens is 3. The van der Waals surface area contributed by atoms with Crippen molar-refractivity contribution >= 4 is 0 Å². The van der Waals surface area contributed by atoms with Crippen LogP contribution >= 0.6 is 0 Å². The number of hydrogen-bond donors (Lipinski definition) is 1. The molecule has 1 aromatic rings. The second kappa shape index (κ2) is 6.23. The quantitative estimate of drug-likeness (QED) is 0.816. The number of alkyl halides is 3. The van der Waals surface area contributed by atoms with E-state index in [0.29, 0.717) is 19.4 Å². The third kappa shape index (κ3) is 4.02. The maximum absolute atomic E-state index is 13.1. The zero-order valence-corrected chi connectivity index (χ0v) is 10.8. The van der Waals surface area contributed by atoms with Gasteiger partial charge in [-0.3, -0.25) is 0 Å². The minimum Gasteiger partial charge on any atom is -0.304 e. The van der Waals surface area contributed by atoms with Crippen molar-refractivity contribution in [3.05, 3.63) is 35.9 Å². The van der Waals surface area contributed by atoms with Crippen LogP contribution in [0.1, 0.15) is 32.3 Å². The molecule has 0 fully saturated rings. The average molecular weight is 259 g/mol. The predicted octanol–water partition coefficient (Wildman–Crippen LogP) is 3.94. The Balaban J connectivity index is 2.68. The Morgan fingerprint density at radius 2 is 1.72 bits per heavy atom. The van der Waals surface area contributed by atoms with Gasteiger partial charge in [-0.1, -0.05) is 37.3 Å². The molecule has 1 aromatic carbocycles. The summed E-state index contributed by atoms with van der Waals surface area (Å²) in [7, 11) is 0. The molecular formula is C14H20F3N. The second-order valence-corrected chi connectivity index (χ2v) is 4.74. The molecule has 4 heteroatoms. The Morgan fingerprint density at radius 1 is 1.11 bits per heavy atom. The first-order valence-electron chi connectivity index (χ1n) is 6.25. The minimum atomic E-state index is -4.23. The molecule has 0 bridgehead atoms. The normalized spacial score (nSPS) is 15.4. The van der Waals surface area contributed by atoms with Crippen LogP contribution in [0.4, 0.5) is 13.2 Å². The summed E-state index contributed by atoms with van der Waals surface area (Å²) in [5.41, 5.74) is -0.870. The Hall–Kier alpha value is -1.03. The number of aryl methyl sites for hydroxylation is 1. The van der Waals surface area contributed by atoms with E-state index in [1.54, 1.807) is 0 Å². The van der Waals surface area contributed by atoms with Crippen molar-refractivity contribution in [3.63, 3.8) is 0 Å². The topological polar surface area (TPSA) is 12.0 Å². The first-order chi connectivity index (χ1) is 8.39. The lowest BCUT2D eigenvalue weighted by Crippen LogP contribution is -2.54. The highest BCUT2D eigenvalue weighted by Crippen LogP contribution is 2.33. The van der Waals surface area contributed by atoms with Gasteiger partial charge >= 0.3 is 6.18 Å². The van der Waals surface area contributed by atoms with Crippen LogP contribution in [0.15, 0.2) is 30.3 Å². The summed E-state index contributed by atoms with van der Waals surface area (Å²) in [5, 5.41) is 2.63. The molecule has 1 nitrogen and oxygen atoms in total. The molecule has 0 saturated carbocycles. The van der Waals surface area contributed by atoms with E-state index in [4.69, 9.17) is 0 Å². The smallest absolute Gasteiger partial charge is 0.304 e. The van der Waals surface area contributed by atoms with Crippen LogP contribution in [-0.4, -0.2) is 18.3 Å². The van der Waals surface area contributed by atoms with Crippen LogP contribution in [0.25, 0.3) is 0 Å². The summed E-state index contributed by atoms with van der Waals surface area (Å²) in [6.45, 7) is 3.48. The van der Waals surface area contributed by atoms with E-state index in [9.17, 15) is 13.2 Å². The van der Waals surface area contributed by atoms with Gasteiger partial charge in [0, 0.05) is 0 Å². The molecule has 0 heterocycles. The number of benzene rings is 1. The summed E-state index contributed by atoms with van der Waals surface area (Å²) < 4.78 is 39.2. The largest absolute Gasteiger partial charge is 0.406 e. The maximum Gasteiger partial charge on any atom is 0.406 e. The molecule has 0 aromatic heterocycles. The highest BCUT2D eigenvalue weighted by Gasteiger charge is 2.49. The maximum atomic E-state index is 13.1. The molecule has 0 amide bonds. The third-order valence-electron chi connectivity index (χ3n) is 3.15. The van der Waals surface area contributed by atoms with Crippen molar-refractivity contribution in [2.45, 2.75) is 44.8 Å². The lowest BCUT2D eigenvalue weighted by atomic mass is 9.92. The number of hydrogen-bond acceptors (Lipinski definition) is 1. The Labute approximate surface area is 106 Å². The van der Waals surface area contributed by atoms with Crippen LogP contribution in [0.5, 0.6) is 0 Å². The van der Waals surface area contributed by atoms with Crippen molar-refractivity contribution in [2.24, 2.45) is 0 Å². The van der Waals surface area contributed by atoms with Gasteiger partial charge in [0.05, 0.1) is 0 Å². The van der Waals surface area contributed by atoms with Crippen LogP contribution < -0.4 is 5.32 Å². The molecule has 1 rings (SSSR count). The van der Waals surface area contributed by atoms with Crippen LogP contribution in [0.2, 0.25) is 0 Å². The SMILES string of the molecule is CCCNC(C)(CCc1ccccc1)C(F)(F)F. The van der Waals surface area contributed by atoms with E-state index in [1.165, 1.54) is 6.92 Å². The zero-order valence-electron chi connectivity index (χ0n) is 10.8. The van der Waals surface area contributed by atoms with E-state index >= 15 is 0 Å². The van der Waals surface area contributed by atoms with Gasteiger partial charge in [0.2, 0.25) is 0 Å². The molecule has 0 radical (unpaired) electrons. The van der Waals surface area contributed by atoms with E-state index in [2.05, 4.69) is 5.32 Å². The molecule has 0 spiro atoms. The summed E-state index contributed by atoms with van der Waals surface area (Å²) in [6.07, 6.45) is -3.05. The van der Waals surface area contributed by atoms with E-state index < -0.39 is 11.7 Å². The fourth-order valence-corrected chi connectivity index (χ4v) is 1.77. The molecule has 18 heavy (non-hydrogen) atoms. The molecular weight excluding hydrogens is 239 g/mol. The van der Waals surface area contributed by atoms with Crippen molar-refractivity contribution in [2.75, 3.05) is 6.54 Å². The number of rotatable bonds is 6. The van der Waals surface area contributed by atoms with Gasteiger partial charge < -0.3 is 5.32 Å². The first-order valence-corrected chi connectivity index (χ1v) is 6.25. The molecule has 1 atom stereocenters. The zero-order chi connectivity index (χ0) is 13.6. The molecule has 1 unspecified atom stereocenters. The van der Waals surface area contributed by atoms with E-state index in [1.807, 2.05) is 37.3 Å².